The summed E-state index contributed by atoms with van der Waals surface area (Å²) in [6.07, 6.45) is 0. The normalized spacial score (nSPS) is 11.9. The predicted octanol–water partition coefficient (Wildman–Crippen LogP) is 5.74. The molecule has 4 rings (SSSR count). The Morgan fingerprint density at radius 3 is 1.11 bits per heavy atom. The molecule has 0 unspecified atom stereocenters. The van der Waals surface area contributed by atoms with Crippen LogP contribution in [0.25, 0.3) is 32.7 Å². The molecule has 0 saturated carbocycles. The molecule has 4 aromatic carbocycles. The van der Waals surface area contributed by atoms with Crippen LogP contribution in [-0.4, -0.2) is 40.9 Å². The minimum atomic E-state index is -0.660. The zero-order chi connectivity index (χ0) is 28.4. The van der Waals surface area contributed by atoms with Crippen molar-refractivity contribution in [2.24, 2.45) is 0 Å². The van der Waals surface area contributed by atoms with Crippen LogP contribution in [0.5, 0.6) is 34.5 Å². The number of aliphatic hydroxyl groups is 2. The zero-order valence-electron chi connectivity index (χ0n) is 22.3. The van der Waals surface area contributed by atoms with Gasteiger partial charge in [-0.05, 0) is 47.6 Å². The van der Waals surface area contributed by atoms with E-state index in [0.29, 0.717) is 33.0 Å². The summed E-state index contributed by atoms with van der Waals surface area (Å²) in [5, 5.41) is 87.4. The maximum Gasteiger partial charge on any atom is 0.164 e. The highest BCUT2D eigenvalue weighted by molar-refractivity contribution is 6.08. The van der Waals surface area contributed by atoms with Gasteiger partial charge < -0.3 is 40.9 Å². The molecule has 202 valence electrons. The third-order valence-electron chi connectivity index (χ3n) is 7.43. The number of hydrogen-bond acceptors (Lipinski definition) is 8. The fourth-order valence-corrected chi connectivity index (χ4v) is 5.78. The predicted molar refractivity (Wildman–Crippen MR) is 146 cm³/mol. The summed E-state index contributed by atoms with van der Waals surface area (Å²) in [6, 6.07) is 3.45. The van der Waals surface area contributed by atoms with Gasteiger partial charge in [0.25, 0.3) is 0 Å². The maximum absolute atomic E-state index is 11.7. The summed E-state index contributed by atoms with van der Waals surface area (Å²) in [5.41, 5.74) is 2.24. The highest BCUT2D eigenvalue weighted by Gasteiger charge is 2.29. The van der Waals surface area contributed by atoms with Gasteiger partial charge in [0.15, 0.2) is 23.0 Å². The van der Waals surface area contributed by atoms with Crippen LogP contribution in [0.1, 0.15) is 72.9 Å². The van der Waals surface area contributed by atoms with Crippen molar-refractivity contribution in [1.29, 1.82) is 0 Å². The lowest BCUT2D eigenvalue weighted by Crippen LogP contribution is -2.01. The lowest BCUT2D eigenvalue weighted by molar-refractivity contribution is 0.274. The van der Waals surface area contributed by atoms with Crippen LogP contribution in [0.2, 0.25) is 0 Å². The average molecular weight is 523 g/mol. The van der Waals surface area contributed by atoms with Crippen LogP contribution in [0.15, 0.2) is 12.1 Å². The minimum Gasteiger partial charge on any atom is -0.507 e. The number of phenols is 6. The van der Waals surface area contributed by atoms with E-state index in [2.05, 4.69) is 0 Å². The number of aryl methyl sites for hydroxylation is 2. The van der Waals surface area contributed by atoms with E-state index in [1.165, 1.54) is 0 Å². The molecule has 4 aromatic rings. The van der Waals surface area contributed by atoms with Crippen LogP contribution in [-0.2, 0) is 13.2 Å². The number of aliphatic hydroxyl groups excluding tert-OH is 2. The number of phenolic OH excluding ortho intramolecular Hbond substituents is 4. The van der Waals surface area contributed by atoms with Gasteiger partial charge in [0.1, 0.15) is 11.5 Å². The van der Waals surface area contributed by atoms with Crippen molar-refractivity contribution in [3.63, 3.8) is 0 Å². The number of rotatable bonds is 5. The van der Waals surface area contributed by atoms with E-state index in [-0.39, 0.29) is 67.9 Å². The number of benzene rings is 4. The molecule has 8 N–H and O–H groups in total. The van der Waals surface area contributed by atoms with Crippen molar-refractivity contribution in [2.45, 2.75) is 66.6 Å². The molecule has 0 atom stereocenters. The highest BCUT2D eigenvalue weighted by Crippen LogP contribution is 2.54. The first-order valence-corrected chi connectivity index (χ1v) is 12.5. The Labute approximate surface area is 220 Å². The molecular weight excluding hydrogens is 488 g/mol. The van der Waals surface area contributed by atoms with Crippen molar-refractivity contribution in [3.8, 4) is 45.6 Å². The summed E-state index contributed by atoms with van der Waals surface area (Å²) in [7, 11) is 0. The molecule has 0 aromatic heterocycles. The molecule has 0 aliphatic carbocycles. The van der Waals surface area contributed by atoms with Crippen molar-refractivity contribution < 1.29 is 40.9 Å². The molecule has 0 saturated heterocycles. The summed E-state index contributed by atoms with van der Waals surface area (Å²) >= 11 is 0. The van der Waals surface area contributed by atoms with Crippen LogP contribution in [0, 0.1) is 13.8 Å². The Morgan fingerprint density at radius 1 is 0.526 bits per heavy atom. The van der Waals surface area contributed by atoms with E-state index in [0.717, 1.165) is 0 Å². The molecule has 0 radical (unpaired) electrons. The van der Waals surface area contributed by atoms with Gasteiger partial charge in [0, 0.05) is 44.2 Å². The van der Waals surface area contributed by atoms with Crippen molar-refractivity contribution in [1.82, 2.24) is 0 Å². The summed E-state index contributed by atoms with van der Waals surface area (Å²) < 4.78 is 0. The lowest BCUT2D eigenvalue weighted by atomic mass is 9.83. The molecule has 8 nitrogen and oxygen atoms in total. The van der Waals surface area contributed by atoms with Gasteiger partial charge >= 0.3 is 0 Å². The van der Waals surface area contributed by atoms with E-state index >= 15 is 0 Å². The Balaban J connectivity index is 2.26. The molecule has 8 heteroatoms. The first-order chi connectivity index (χ1) is 17.8. The molecular formula is C30H34O8. The highest BCUT2D eigenvalue weighted by atomic mass is 16.3. The van der Waals surface area contributed by atoms with Crippen molar-refractivity contribution >= 4 is 21.5 Å². The lowest BCUT2D eigenvalue weighted by Gasteiger charge is -2.24. The zero-order valence-corrected chi connectivity index (χ0v) is 22.3. The second-order valence-electron chi connectivity index (χ2n) is 10.5. The topological polar surface area (TPSA) is 162 Å². The number of hydrogen-bond donors (Lipinski definition) is 8. The Morgan fingerprint density at radius 2 is 0.842 bits per heavy atom. The van der Waals surface area contributed by atoms with Crippen molar-refractivity contribution in [3.05, 3.63) is 45.5 Å². The van der Waals surface area contributed by atoms with Gasteiger partial charge in [0.2, 0.25) is 0 Å². The molecule has 0 fully saturated rings. The molecule has 0 amide bonds. The molecule has 0 bridgehead atoms. The standard InChI is InChI=1S/C30H34O8/c1-11(2)19-15-7-13(5)21(27(35)23(15)17(9-31)25(33)29(19)37)22-14(6)8-16-20(12(3)4)30(38)26(34)18(10-32)24(16)28(22)36/h7-8,11-12,31-38H,9-10H2,1-6H3. The van der Waals surface area contributed by atoms with Gasteiger partial charge in [-0.15, -0.1) is 0 Å². The van der Waals surface area contributed by atoms with Crippen LogP contribution in [0.4, 0.5) is 0 Å². The summed E-state index contributed by atoms with van der Waals surface area (Å²) in [5.74, 6) is -2.86. The Bertz CT molecular complexity index is 1490. The SMILES string of the molecule is Cc1cc2c(C(C)C)c(O)c(O)c(CO)c2c(O)c1-c1c(C)cc2c(C(C)C)c(O)c(O)c(CO)c2c1O. The minimum absolute atomic E-state index is 0.0562. The molecule has 0 heterocycles. The maximum atomic E-state index is 11.7. The second kappa shape index (κ2) is 9.45. The molecule has 38 heavy (non-hydrogen) atoms. The first kappa shape index (κ1) is 27.2. The fraction of sp³-hybridized carbons (Fsp3) is 0.333. The number of fused-ring (bicyclic) bond motifs is 2. The van der Waals surface area contributed by atoms with E-state index in [4.69, 9.17) is 0 Å². The fourth-order valence-electron chi connectivity index (χ4n) is 5.78. The van der Waals surface area contributed by atoms with Gasteiger partial charge in [0.05, 0.1) is 13.2 Å². The molecule has 0 aliphatic rings. The van der Waals surface area contributed by atoms with Crippen molar-refractivity contribution in [2.75, 3.05) is 0 Å². The summed E-state index contributed by atoms with van der Waals surface area (Å²) in [6.45, 7) is 9.45. The quantitative estimate of drug-likeness (QED) is 0.154. The van der Waals surface area contributed by atoms with Gasteiger partial charge in [-0.3, -0.25) is 0 Å². The second-order valence-corrected chi connectivity index (χ2v) is 10.5. The number of aromatic hydroxyl groups is 6. The van der Waals surface area contributed by atoms with E-state index in [9.17, 15) is 40.9 Å². The van der Waals surface area contributed by atoms with Crippen LogP contribution in [0.3, 0.4) is 0 Å². The van der Waals surface area contributed by atoms with Gasteiger partial charge in [-0.25, -0.2) is 0 Å². The van der Waals surface area contributed by atoms with E-state index in [1.807, 2.05) is 27.7 Å². The molecule has 0 aliphatic heterocycles. The average Bonchev–Trinajstić information content (AvgIpc) is 2.83. The first-order valence-electron chi connectivity index (χ1n) is 12.5. The monoisotopic (exact) mass is 522 g/mol. The van der Waals surface area contributed by atoms with Gasteiger partial charge in [-0.2, -0.15) is 0 Å². The third kappa shape index (κ3) is 3.67. The largest absolute Gasteiger partial charge is 0.507 e. The van der Waals surface area contributed by atoms with Gasteiger partial charge in [-0.1, -0.05) is 39.8 Å². The smallest absolute Gasteiger partial charge is 0.164 e. The third-order valence-corrected chi connectivity index (χ3v) is 7.43. The van der Waals surface area contributed by atoms with Crippen LogP contribution >= 0.6 is 0 Å². The Hall–Kier alpha value is -3.88. The van der Waals surface area contributed by atoms with E-state index in [1.54, 1.807) is 26.0 Å². The van der Waals surface area contributed by atoms with Crippen LogP contribution < -0.4 is 0 Å². The Kier molecular flexibility index (Phi) is 6.76. The summed E-state index contributed by atoms with van der Waals surface area (Å²) in [4.78, 5) is 0. The van der Waals surface area contributed by atoms with E-state index < -0.39 is 24.7 Å². The molecule has 0 spiro atoms.